The summed E-state index contributed by atoms with van der Waals surface area (Å²) in [6.45, 7) is 13.0. The van der Waals surface area contributed by atoms with E-state index in [4.69, 9.17) is 4.98 Å². The molecule has 3 aromatic rings. The summed E-state index contributed by atoms with van der Waals surface area (Å²) in [6.07, 6.45) is 4.88. The summed E-state index contributed by atoms with van der Waals surface area (Å²) in [4.78, 5) is 20.5. The number of hydrogen-bond donors (Lipinski definition) is 0. The van der Waals surface area contributed by atoms with Crippen molar-refractivity contribution in [1.29, 1.82) is 0 Å². The van der Waals surface area contributed by atoms with E-state index in [9.17, 15) is 4.79 Å². The molecule has 0 N–H and O–H groups in total. The predicted molar refractivity (Wildman–Crippen MR) is 112 cm³/mol. The molecule has 1 aromatic carbocycles. The molecule has 1 aliphatic rings. The van der Waals surface area contributed by atoms with E-state index in [1.807, 2.05) is 35.0 Å². The fraction of sp³-hybridized carbons (Fsp3) is 0.435. The quantitative estimate of drug-likeness (QED) is 0.671. The number of carbonyl (C=O) groups is 1. The maximum atomic E-state index is 13.6. The van der Waals surface area contributed by atoms with Crippen LogP contribution in [0.5, 0.6) is 0 Å². The second-order valence-corrected chi connectivity index (χ2v) is 8.71. The van der Waals surface area contributed by atoms with Crippen molar-refractivity contribution in [3.05, 3.63) is 47.3 Å². The van der Waals surface area contributed by atoms with Gasteiger partial charge < -0.3 is 4.90 Å². The van der Waals surface area contributed by atoms with E-state index in [0.717, 1.165) is 64.9 Å². The Morgan fingerprint density at radius 3 is 2.68 bits per heavy atom. The van der Waals surface area contributed by atoms with E-state index in [2.05, 4.69) is 44.9 Å². The van der Waals surface area contributed by atoms with Gasteiger partial charge in [-0.25, -0.2) is 4.98 Å². The predicted octanol–water partition coefficient (Wildman–Crippen LogP) is 4.61. The average Bonchev–Trinajstić information content (AvgIpc) is 3.27. The Balaban J connectivity index is 1.91. The smallest absolute Gasteiger partial charge is 0.254 e. The lowest BCUT2D eigenvalue weighted by atomic mass is 9.93. The first-order chi connectivity index (χ1) is 13.3. The van der Waals surface area contributed by atoms with Crippen LogP contribution in [0, 0.1) is 19.3 Å². The number of carbonyl (C=O) groups excluding carboxylic acids is 1. The molecular weight excluding hydrogens is 348 g/mol. The van der Waals surface area contributed by atoms with Crippen LogP contribution in [-0.2, 0) is 6.54 Å². The van der Waals surface area contributed by atoms with Gasteiger partial charge in [0, 0.05) is 36.8 Å². The molecule has 0 saturated carbocycles. The zero-order valence-corrected chi connectivity index (χ0v) is 17.4. The Bertz CT molecular complexity index is 1060. The minimum Gasteiger partial charge on any atom is -0.338 e. The number of hydrogen-bond acceptors (Lipinski definition) is 3. The Hall–Kier alpha value is -2.69. The summed E-state index contributed by atoms with van der Waals surface area (Å²) in [6, 6.07) is 6.16. The SMILES string of the molecule is CCn1cc(-c2nc3ccc(C)cc3c(C(=O)N3CCC(C)(C)C3)c2C)cn1. The number of aromatic nitrogens is 3. The zero-order valence-electron chi connectivity index (χ0n) is 17.4. The van der Waals surface area contributed by atoms with Gasteiger partial charge >= 0.3 is 0 Å². The maximum Gasteiger partial charge on any atom is 0.254 e. The van der Waals surface area contributed by atoms with Crippen molar-refractivity contribution in [2.45, 2.75) is 47.6 Å². The lowest BCUT2D eigenvalue weighted by Gasteiger charge is -2.22. The molecule has 0 bridgehead atoms. The van der Waals surface area contributed by atoms with E-state index < -0.39 is 0 Å². The van der Waals surface area contributed by atoms with Gasteiger partial charge in [0.05, 0.1) is 23.0 Å². The first-order valence-electron chi connectivity index (χ1n) is 10.0. The van der Waals surface area contributed by atoms with Crippen LogP contribution in [0.2, 0.25) is 0 Å². The van der Waals surface area contributed by atoms with Gasteiger partial charge in [0.1, 0.15) is 0 Å². The third-order valence-corrected chi connectivity index (χ3v) is 5.79. The van der Waals surface area contributed by atoms with Crippen LogP contribution < -0.4 is 0 Å². The topological polar surface area (TPSA) is 51.0 Å². The van der Waals surface area contributed by atoms with Crippen LogP contribution in [0.3, 0.4) is 0 Å². The van der Waals surface area contributed by atoms with Gasteiger partial charge in [0.15, 0.2) is 0 Å². The standard InChI is InChI=1S/C23H28N4O/c1-6-27-13-17(12-24-27)21-16(3)20(18-11-15(2)7-8-19(18)25-21)22(28)26-10-9-23(4,5)14-26/h7-8,11-13H,6,9-10,14H2,1-5H3. The lowest BCUT2D eigenvalue weighted by Crippen LogP contribution is -2.31. The van der Waals surface area contributed by atoms with Crippen LogP contribution >= 0.6 is 0 Å². The lowest BCUT2D eigenvalue weighted by molar-refractivity contribution is 0.0779. The number of fused-ring (bicyclic) bond motifs is 1. The van der Waals surface area contributed by atoms with Crippen LogP contribution in [0.25, 0.3) is 22.2 Å². The molecule has 1 aliphatic heterocycles. The molecule has 0 aliphatic carbocycles. The van der Waals surface area contributed by atoms with Crippen LogP contribution in [-0.4, -0.2) is 38.7 Å². The van der Waals surface area contributed by atoms with Crippen molar-refractivity contribution >= 4 is 16.8 Å². The van der Waals surface area contributed by atoms with Crippen molar-refractivity contribution in [3.63, 3.8) is 0 Å². The van der Waals surface area contributed by atoms with Gasteiger partial charge in [0.2, 0.25) is 0 Å². The fourth-order valence-corrected chi connectivity index (χ4v) is 4.13. The van der Waals surface area contributed by atoms with Crippen LogP contribution in [0.15, 0.2) is 30.6 Å². The van der Waals surface area contributed by atoms with Gasteiger partial charge in [0.25, 0.3) is 5.91 Å². The van der Waals surface area contributed by atoms with Gasteiger partial charge in [-0.05, 0) is 50.3 Å². The highest BCUT2D eigenvalue weighted by Crippen LogP contribution is 2.34. The van der Waals surface area contributed by atoms with Crippen LogP contribution in [0.4, 0.5) is 0 Å². The van der Waals surface area contributed by atoms with Crippen molar-refractivity contribution < 1.29 is 4.79 Å². The molecule has 4 rings (SSSR count). The molecule has 0 unspecified atom stereocenters. The summed E-state index contributed by atoms with van der Waals surface area (Å²) in [5, 5.41) is 5.34. The number of pyridine rings is 1. The third-order valence-electron chi connectivity index (χ3n) is 5.79. The third kappa shape index (κ3) is 3.19. The van der Waals surface area contributed by atoms with Gasteiger partial charge in [-0.15, -0.1) is 0 Å². The fourth-order valence-electron chi connectivity index (χ4n) is 4.13. The normalized spacial score (nSPS) is 16.1. The van der Waals surface area contributed by atoms with Crippen molar-refractivity contribution in [3.8, 4) is 11.3 Å². The van der Waals surface area contributed by atoms with E-state index in [0.29, 0.717) is 0 Å². The Labute approximate surface area is 166 Å². The molecule has 0 spiro atoms. The molecule has 3 heterocycles. The minimum absolute atomic E-state index is 0.116. The molecule has 146 valence electrons. The van der Waals surface area contributed by atoms with E-state index >= 15 is 0 Å². The van der Waals surface area contributed by atoms with Crippen molar-refractivity contribution in [2.24, 2.45) is 5.41 Å². The van der Waals surface area contributed by atoms with Crippen molar-refractivity contribution in [2.75, 3.05) is 13.1 Å². The molecule has 5 heteroatoms. The molecular formula is C23H28N4O. The number of rotatable bonds is 3. The average molecular weight is 377 g/mol. The molecule has 28 heavy (non-hydrogen) atoms. The second kappa shape index (κ2) is 6.73. The minimum atomic E-state index is 0.116. The highest BCUT2D eigenvalue weighted by molar-refractivity contribution is 6.09. The van der Waals surface area contributed by atoms with E-state index in [1.165, 1.54) is 0 Å². The van der Waals surface area contributed by atoms with Crippen LogP contribution in [0.1, 0.15) is 48.7 Å². The Morgan fingerprint density at radius 2 is 2.04 bits per heavy atom. The first kappa shape index (κ1) is 18.7. The second-order valence-electron chi connectivity index (χ2n) is 8.71. The van der Waals surface area contributed by atoms with Gasteiger partial charge in [-0.2, -0.15) is 5.10 Å². The highest BCUT2D eigenvalue weighted by atomic mass is 16.2. The summed E-state index contributed by atoms with van der Waals surface area (Å²) in [5.74, 6) is 0.116. The summed E-state index contributed by atoms with van der Waals surface area (Å²) < 4.78 is 1.89. The van der Waals surface area contributed by atoms with Gasteiger partial charge in [-0.1, -0.05) is 25.5 Å². The Morgan fingerprint density at radius 1 is 1.25 bits per heavy atom. The van der Waals surface area contributed by atoms with Gasteiger partial charge in [-0.3, -0.25) is 9.48 Å². The van der Waals surface area contributed by atoms with E-state index in [-0.39, 0.29) is 11.3 Å². The zero-order chi connectivity index (χ0) is 20.1. The van der Waals surface area contributed by atoms with E-state index in [1.54, 1.807) is 0 Å². The molecule has 1 amide bonds. The molecule has 0 radical (unpaired) electrons. The maximum absolute atomic E-state index is 13.6. The molecule has 1 fully saturated rings. The monoisotopic (exact) mass is 376 g/mol. The number of amides is 1. The molecule has 0 atom stereocenters. The largest absolute Gasteiger partial charge is 0.338 e. The highest BCUT2D eigenvalue weighted by Gasteiger charge is 2.34. The first-order valence-corrected chi connectivity index (χ1v) is 10.0. The summed E-state index contributed by atoms with van der Waals surface area (Å²) in [7, 11) is 0. The molecule has 1 saturated heterocycles. The number of likely N-dealkylation sites (tertiary alicyclic amines) is 1. The number of aryl methyl sites for hydroxylation is 2. The molecule has 2 aromatic heterocycles. The number of nitrogens with zero attached hydrogens (tertiary/aromatic N) is 4. The number of benzene rings is 1. The molecule has 5 nitrogen and oxygen atoms in total. The summed E-state index contributed by atoms with van der Waals surface area (Å²) in [5.41, 5.74) is 5.69. The summed E-state index contributed by atoms with van der Waals surface area (Å²) >= 11 is 0. The Kier molecular flexibility index (Phi) is 4.48. The van der Waals surface area contributed by atoms with Crippen molar-refractivity contribution in [1.82, 2.24) is 19.7 Å².